The molecule has 0 bridgehead atoms. The van der Waals surface area contributed by atoms with Crippen molar-refractivity contribution >= 4 is 5.91 Å². The highest BCUT2D eigenvalue weighted by atomic mass is 16.5. The molecule has 1 saturated carbocycles. The van der Waals surface area contributed by atoms with Gasteiger partial charge in [0.15, 0.2) is 11.5 Å². The predicted molar refractivity (Wildman–Crippen MR) is 89.9 cm³/mol. The lowest BCUT2D eigenvalue weighted by Crippen LogP contribution is -2.13. The fourth-order valence-electron chi connectivity index (χ4n) is 3.62. The molecule has 1 heterocycles. The number of ether oxygens (including phenoxy) is 2. The topological polar surface area (TPSA) is 47.6 Å². The predicted octanol–water partition coefficient (Wildman–Crippen LogP) is 3.48. The van der Waals surface area contributed by atoms with Crippen molar-refractivity contribution in [3.63, 3.8) is 0 Å². The van der Waals surface area contributed by atoms with E-state index in [1.807, 2.05) is 6.07 Å². The van der Waals surface area contributed by atoms with Crippen molar-refractivity contribution in [1.82, 2.24) is 5.32 Å². The maximum atomic E-state index is 11.2. The Kier molecular flexibility index (Phi) is 5.42. The summed E-state index contributed by atoms with van der Waals surface area (Å²) in [5.74, 6) is 2.42. The molecule has 1 amide bonds. The lowest BCUT2D eigenvalue weighted by atomic mass is 9.98. The molecule has 2 aliphatic rings. The van der Waals surface area contributed by atoms with E-state index >= 15 is 0 Å². The largest absolute Gasteiger partial charge is 0.493 e. The first-order valence-corrected chi connectivity index (χ1v) is 8.85. The lowest BCUT2D eigenvalue weighted by molar-refractivity contribution is -0.119. The molecule has 0 radical (unpaired) electrons. The minimum Gasteiger partial charge on any atom is -0.493 e. The van der Waals surface area contributed by atoms with E-state index in [0.29, 0.717) is 18.4 Å². The highest BCUT2D eigenvalue weighted by Crippen LogP contribution is 2.33. The average molecular weight is 317 g/mol. The molecule has 3 rings (SSSR count). The number of methoxy groups -OCH3 is 1. The van der Waals surface area contributed by atoms with Crippen LogP contribution < -0.4 is 14.8 Å². The van der Waals surface area contributed by atoms with Gasteiger partial charge in [-0.3, -0.25) is 4.79 Å². The van der Waals surface area contributed by atoms with Gasteiger partial charge in [-0.25, -0.2) is 0 Å². The molecule has 0 unspecified atom stereocenters. The maximum Gasteiger partial charge on any atom is 0.220 e. The van der Waals surface area contributed by atoms with Crippen molar-refractivity contribution < 1.29 is 14.3 Å². The van der Waals surface area contributed by atoms with E-state index in [9.17, 15) is 4.79 Å². The monoisotopic (exact) mass is 317 g/mol. The first-order chi connectivity index (χ1) is 11.2. The van der Waals surface area contributed by atoms with Gasteiger partial charge in [0.05, 0.1) is 13.2 Å². The molecule has 0 aromatic heterocycles. The molecule has 1 aliphatic carbocycles. The smallest absolute Gasteiger partial charge is 0.220 e. The van der Waals surface area contributed by atoms with Crippen LogP contribution in [0.1, 0.15) is 50.5 Å². The molecule has 0 spiro atoms. The minimum absolute atomic E-state index is 0.201. The Morgan fingerprint density at radius 1 is 1.22 bits per heavy atom. The normalized spacial score (nSPS) is 21.4. The molecular weight excluding hydrogens is 290 g/mol. The van der Waals surface area contributed by atoms with Crippen LogP contribution in [0.15, 0.2) is 18.2 Å². The van der Waals surface area contributed by atoms with E-state index in [4.69, 9.17) is 9.47 Å². The maximum absolute atomic E-state index is 11.2. The first-order valence-electron chi connectivity index (χ1n) is 8.85. The van der Waals surface area contributed by atoms with Crippen LogP contribution in [0.4, 0.5) is 0 Å². The third-order valence-corrected chi connectivity index (χ3v) is 4.96. The number of carbonyl (C=O) groups excluding carboxylic acids is 1. The Morgan fingerprint density at radius 3 is 2.74 bits per heavy atom. The zero-order valence-corrected chi connectivity index (χ0v) is 14.0. The minimum atomic E-state index is 0.201. The summed E-state index contributed by atoms with van der Waals surface area (Å²) in [5.41, 5.74) is 1.29. The van der Waals surface area contributed by atoms with Gasteiger partial charge in [0.1, 0.15) is 0 Å². The second kappa shape index (κ2) is 7.71. The number of amides is 1. The van der Waals surface area contributed by atoms with Crippen LogP contribution >= 0.6 is 0 Å². The Bertz CT molecular complexity index is 537. The van der Waals surface area contributed by atoms with Crippen LogP contribution in [0.25, 0.3) is 0 Å². The van der Waals surface area contributed by atoms with Crippen molar-refractivity contribution in [3.05, 3.63) is 23.8 Å². The molecule has 4 nitrogen and oxygen atoms in total. The lowest BCUT2D eigenvalue weighted by Gasteiger charge is -2.17. The van der Waals surface area contributed by atoms with E-state index in [2.05, 4.69) is 17.4 Å². The standard InChI is InChI=1S/C19H27NO3/c1-22-17-10-9-14(5-4-6-15-12-19(21)20-13-15)11-18(17)23-16-7-2-3-8-16/h9-11,15-16H,2-8,12-13H2,1H3,(H,20,21)/t15-/m1/s1. The SMILES string of the molecule is COc1ccc(CCC[C@H]2CNC(=O)C2)cc1OC1CCCC1. The highest BCUT2D eigenvalue weighted by Gasteiger charge is 2.21. The van der Waals surface area contributed by atoms with Gasteiger partial charge in [0, 0.05) is 13.0 Å². The molecule has 4 heteroatoms. The van der Waals surface area contributed by atoms with Crippen LogP contribution in [0.3, 0.4) is 0 Å². The van der Waals surface area contributed by atoms with Gasteiger partial charge < -0.3 is 14.8 Å². The average Bonchev–Trinajstić information content (AvgIpc) is 3.20. The fourth-order valence-corrected chi connectivity index (χ4v) is 3.62. The molecule has 2 fully saturated rings. The van der Waals surface area contributed by atoms with Gasteiger partial charge in [0.25, 0.3) is 0 Å². The zero-order valence-electron chi connectivity index (χ0n) is 14.0. The van der Waals surface area contributed by atoms with Crippen molar-refractivity contribution in [3.8, 4) is 11.5 Å². The van der Waals surface area contributed by atoms with Crippen molar-refractivity contribution in [2.24, 2.45) is 5.92 Å². The molecule has 23 heavy (non-hydrogen) atoms. The fraction of sp³-hybridized carbons (Fsp3) is 0.632. The van der Waals surface area contributed by atoms with Crippen LogP contribution in [-0.4, -0.2) is 25.7 Å². The Balaban J connectivity index is 1.55. The van der Waals surface area contributed by atoms with Gasteiger partial charge in [-0.2, -0.15) is 0 Å². The summed E-state index contributed by atoms with van der Waals surface area (Å²) in [4.78, 5) is 11.2. The second-order valence-electron chi connectivity index (χ2n) is 6.78. The Morgan fingerprint density at radius 2 is 2.04 bits per heavy atom. The van der Waals surface area contributed by atoms with Crippen LogP contribution in [-0.2, 0) is 11.2 Å². The van der Waals surface area contributed by atoms with E-state index in [-0.39, 0.29) is 5.91 Å². The van der Waals surface area contributed by atoms with E-state index in [1.54, 1.807) is 7.11 Å². The number of hydrogen-bond acceptors (Lipinski definition) is 3. The van der Waals surface area contributed by atoms with Gasteiger partial charge in [-0.15, -0.1) is 0 Å². The van der Waals surface area contributed by atoms with E-state index < -0.39 is 0 Å². The molecular formula is C19H27NO3. The molecule has 1 N–H and O–H groups in total. The number of hydrogen-bond donors (Lipinski definition) is 1. The molecule has 126 valence electrons. The number of carbonyl (C=O) groups is 1. The van der Waals surface area contributed by atoms with Gasteiger partial charge >= 0.3 is 0 Å². The van der Waals surface area contributed by atoms with Crippen molar-refractivity contribution in [2.45, 2.75) is 57.5 Å². The second-order valence-corrected chi connectivity index (χ2v) is 6.78. The quantitative estimate of drug-likeness (QED) is 0.837. The number of benzene rings is 1. The van der Waals surface area contributed by atoms with Gasteiger partial charge in [-0.1, -0.05) is 6.07 Å². The molecule has 1 atom stereocenters. The van der Waals surface area contributed by atoms with E-state index in [0.717, 1.165) is 50.1 Å². The van der Waals surface area contributed by atoms with Crippen molar-refractivity contribution in [1.29, 1.82) is 0 Å². The Labute approximate surface area is 138 Å². The van der Waals surface area contributed by atoms with E-state index in [1.165, 1.54) is 18.4 Å². The summed E-state index contributed by atoms with van der Waals surface area (Å²) >= 11 is 0. The van der Waals surface area contributed by atoms with Gasteiger partial charge in [-0.05, 0) is 68.6 Å². The van der Waals surface area contributed by atoms with Crippen LogP contribution in [0, 0.1) is 5.92 Å². The van der Waals surface area contributed by atoms with Crippen LogP contribution in [0.5, 0.6) is 11.5 Å². The molecule has 1 aliphatic heterocycles. The summed E-state index contributed by atoms with van der Waals surface area (Å²) in [6.45, 7) is 0.845. The Hall–Kier alpha value is -1.71. The molecule has 1 aromatic rings. The van der Waals surface area contributed by atoms with Crippen molar-refractivity contribution in [2.75, 3.05) is 13.7 Å². The zero-order chi connectivity index (χ0) is 16.1. The molecule has 1 saturated heterocycles. The number of rotatable bonds is 7. The summed E-state index contributed by atoms with van der Waals surface area (Å²) in [6, 6.07) is 6.27. The number of aryl methyl sites for hydroxylation is 1. The van der Waals surface area contributed by atoms with Crippen LogP contribution in [0.2, 0.25) is 0 Å². The third-order valence-electron chi connectivity index (χ3n) is 4.96. The highest BCUT2D eigenvalue weighted by molar-refractivity contribution is 5.78. The molecule has 1 aromatic carbocycles. The summed E-state index contributed by atoms with van der Waals surface area (Å²) in [7, 11) is 1.70. The number of nitrogens with one attached hydrogen (secondary N) is 1. The summed E-state index contributed by atoms with van der Waals surface area (Å²) < 4.78 is 11.6. The first kappa shape index (κ1) is 16.2. The van der Waals surface area contributed by atoms with Gasteiger partial charge in [0.2, 0.25) is 5.91 Å². The summed E-state index contributed by atoms with van der Waals surface area (Å²) in [5, 5.41) is 2.91. The third kappa shape index (κ3) is 4.40. The summed E-state index contributed by atoms with van der Waals surface area (Å²) in [6.07, 6.45) is 9.09.